The topological polar surface area (TPSA) is 25.2 Å². The third kappa shape index (κ3) is 2.97. The van der Waals surface area contributed by atoms with Gasteiger partial charge in [-0.1, -0.05) is 0 Å². The van der Waals surface area contributed by atoms with Gasteiger partial charge in [-0.25, -0.2) is 0 Å². The van der Waals surface area contributed by atoms with Crippen LogP contribution in [-0.2, 0) is 6.54 Å². The Morgan fingerprint density at radius 2 is 2.31 bits per heavy atom. The Kier molecular flexibility index (Phi) is 4.24. The quantitative estimate of drug-likeness (QED) is 0.849. The molecule has 5 heteroatoms. The third-order valence-electron chi connectivity index (χ3n) is 2.24. The summed E-state index contributed by atoms with van der Waals surface area (Å²) in [4.78, 5) is 1.31. The highest BCUT2D eigenvalue weighted by Gasteiger charge is 2.12. The molecule has 2 aromatic rings. The molecule has 0 aliphatic heterocycles. The second-order valence-corrected chi connectivity index (χ2v) is 6.23. The molecule has 16 heavy (non-hydrogen) atoms. The molecule has 1 unspecified atom stereocenters. The molecule has 0 aromatic carbocycles. The molecule has 0 aliphatic rings. The van der Waals surface area contributed by atoms with Crippen LogP contribution in [0.5, 0.6) is 0 Å². The zero-order chi connectivity index (χ0) is 11.5. The maximum Gasteiger partial charge on any atom is 0.134 e. The molecule has 2 aromatic heterocycles. The lowest BCUT2D eigenvalue weighted by atomic mass is 10.2. The van der Waals surface area contributed by atoms with Crippen LogP contribution >= 0.6 is 43.2 Å². The van der Waals surface area contributed by atoms with Crippen LogP contribution in [-0.4, -0.2) is 0 Å². The monoisotopic (exact) mass is 363 g/mol. The lowest BCUT2D eigenvalue weighted by molar-refractivity contribution is 0.429. The number of furan rings is 1. The smallest absolute Gasteiger partial charge is 0.134 e. The first kappa shape index (κ1) is 12.4. The minimum Gasteiger partial charge on any atom is -0.466 e. The molecule has 2 heterocycles. The highest BCUT2D eigenvalue weighted by molar-refractivity contribution is 9.10. The average molecular weight is 365 g/mol. The van der Waals surface area contributed by atoms with Crippen LogP contribution in [0.15, 0.2) is 37.1 Å². The molecule has 86 valence electrons. The molecule has 1 atom stereocenters. The summed E-state index contributed by atoms with van der Waals surface area (Å²) in [7, 11) is 0. The maximum atomic E-state index is 5.40. The molecule has 0 saturated carbocycles. The fourth-order valence-corrected chi connectivity index (χ4v) is 3.35. The second kappa shape index (κ2) is 5.49. The summed E-state index contributed by atoms with van der Waals surface area (Å²) in [6.45, 7) is 2.94. The molecule has 0 bridgehead atoms. The number of halogens is 2. The van der Waals surface area contributed by atoms with Crippen LogP contribution in [0.1, 0.15) is 23.6 Å². The Morgan fingerprint density at radius 1 is 1.50 bits per heavy atom. The van der Waals surface area contributed by atoms with E-state index < -0.39 is 0 Å². The van der Waals surface area contributed by atoms with Crippen molar-refractivity contribution in [2.45, 2.75) is 19.5 Å². The van der Waals surface area contributed by atoms with E-state index in [0.717, 1.165) is 21.3 Å². The van der Waals surface area contributed by atoms with Gasteiger partial charge in [0.05, 0.1) is 16.8 Å². The normalized spacial score (nSPS) is 12.9. The predicted molar refractivity (Wildman–Crippen MR) is 73.7 cm³/mol. The summed E-state index contributed by atoms with van der Waals surface area (Å²) in [6, 6.07) is 4.24. The minimum atomic E-state index is 0.199. The standard InChI is InChI=1S/C11H11Br2NOS/c1-7(11-10(13)2-3-15-11)14-5-9-4-8(12)6-16-9/h2-4,6-7,14H,5H2,1H3. The van der Waals surface area contributed by atoms with Crippen molar-refractivity contribution in [3.8, 4) is 0 Å². The fourth-order valence-electron chi connectivity index (χ4n) is 1.41. The van der Waals surface area contributed by atoms with Gasteiger partial charge in [0.15, 0.2) is 0 Å². The summed E-state index contributed by atoms with van der Waals surface area (Å²) in [6.07, 6.45) is 1.69. The van der Waals surface area contributed by atoms with E-state index in [1.165, 1.54) is 4.88 Å². The number of rotatable bonds is 4. The van der Waals surface area contributed by atoms with Gasteiger partial charge < -0.3 is 9.73 Å². The molecule has 0 aliphatic carbocycles. The lowest BCUT2D eigenvalue weighted by Crippen LogP contribution is -2.17. The molecule has 0 spiro atoms. The van der Waals surface area contributed by atoms with Crippen LogP contribution in [0.25, 0.3) is 0 Å². The number of hydrogen-bond acceptors (Lipinski definition) is 3. The summed E-state index contributed by atoms with van der Waals surface area (Å²) >= 11 is 8.65. The van der Waals surface area contributed by atoms with Crippen molar-refractivity contribution in [3.63, 3.8) is 0 Å². The summed E-state index contributed by atoms with van der Waals surface area (Å²) < 4.78 is 7.56. The third-order valence-corrected chi connectivity index (χ3v) is 4.60. The molecule has 0 radical (unpaired) electrons. The SMILES string of the molecule is CC(NCc1cc(Br)cs1)c1occc1Br. The first-order valence-corrected chi connectivity index (χ1v) is 7.32. The fraction of sp³-hybridized carbons (Fsp3) is 0.273. The molecular formula is C11H11Br2NOS. The van der Waals surface area contributed by atoms with E-state index in [4.69, 9.17) is 4.42 Å². The van der Waals surface area contributed by atoms with E-state index in [1.807, 2.05) is 6.07 Å². The Labute approximate surface area is 115 Å². The maximum absolute atomic E-state index is 5.40. The van der Waals surface area contributed by atoms with Gasteiger partial charge in [0.1, 0.15) is 5.76 Å². The van der Waals surface area contributed by atoms with E-state index in [-0.39, 0.29) is 6.04 Å². The van der Waals surface area contributed by atoms with Crippen LogP contribution < -0.4 is 5.32 Å². The Bertz CT molecular complexity index is 466. The summed E-state index contributed by atoms with van der Waals surface area (Å²) in [5.41, 5.74) is 0. The first-order valence-electron chi connectivity index (χ1n) is 4.86. The van der Waals surface area contributed by atoms with Crippen molar-refractivity contribution in [2.75, 3.05) is 0 Å². The summed E-state index contributed by atoms with van der Waals surface area (Å²) in [5, 5.41) is 5.51. The van der Waals surface area contributed by atoms with E-state index in [2.05, 4.69) is 55.5 Å². The molecular weight excluding hydrogens is 354 g/mol. The van der Waals surface area contributed by atoms with Gasteiger partial charge in [-0.05, 0) is 50.9 Å². The van der Waals surface area contributed by atoms with Gasteiger partial charge in [-0.3, -0.25) is 0 Å². The number of nitrogens with one attached hydrogen (secondary N) is 1. The van der Waals surface area contributed by atoms with Crippen LogP contribution in [0.2, 0.25) is 0 Å². The largest absolute Gasteiger partial charge is 0.466 e. The van der Waals surface area contributed by atoms with E-state index in [1.54, 1.807) is 17.6 Å². The Morgan fingerprint density at radius 3 is 2.88 bits per heavy atom. The summed E-state index contributed by atoms with van der Waals surface area (Å²) in [5.74, 6) is 0.940. The van der Waals surface area contributed by atoms with E-state index in [0.29, 0.717) is 0 Å². The molecule has 0 saturated heterocycles. The lowest BCUT2D eigenvalue weighted by Gasteiger charge is -2.10. The van der Waals surface area contributed by atoms with Gasteiger partial charge in [0, 0.05) is 21.3 Å². The van der Waals surface area contributed by atoms with Crippen LogP contribution in [0.3, 0.4) is 0 Å². The van der Waals surface area contributed by atoms with Crippen molar-refractivity contribution >= 4 is 43.2 Å². The zero-order valence-electron chi connectivity index (χ0n) is 8.67. The predicted octanol–water partition coefficient (Wildman–Crippen LogP) is 4.72. The van der Waals surface area contributed by atoms with Crippen LogP contribution in [0, 0.1) is 0 Å². The van der Waals surface area contributed by atoms with Gasteiger partial charge in [0.25, 0.3) is 0 Å². The van der Waals surface area contributed by atoms with Crippen molar-refractivity contribution in [3.05, 3.63) is 43.4 Å². The molecule has 2 nitrogen and oxygen atoms in total. The Balaban J connectivity index is 1.93. The second-order valence-electron chi connectivity index (χ2n) is 3.47. The molecule has 0 amide bonds. The average Bonchev–Trinajstić information content (AvgIpc) is 2.84. The molecule has 0 fully saturated rings. The van der Waals surface area contributed by atoms with Gasteiger partial charge >= 0.3 is 0 Å². The van der Waals surface area contributed by atoms with Crippen molar-refractivity contribution in [1.82, 2.24) is 5.32 Å². The number of hydrogen-bond donors (Lipinski definition) is 1. The zero-order valence-corrected chi connectivity index (χ0v) is 12.7. The van der Waals surface area contributed by atoms with Crippen molar-refractivity contribution < 1.29 is 4.42 Å². The van der Waals surface area contributed by atoms with Crippen molar-refractivity contribution in [2.24, 2.45) is 0 Å². The highest BCUT2D eigenvalue weighted by Crippen LogP contribution is 2.25. The highest BCUT2D eigenvalue weighted by atomic mass is 79.9. The van der Waals surface area contributed by atoms with E-state index in [9.17, 15) is 0 Å². The minimum absolute atomic E-state index is 0.199. The number of thiophene rings is 1. The van der Waals surface area contributed by atoms with E-state index >= 15 is 0 Å². The van der Waals surface area contributed by atoms with Gasteiger partial charge in [0.2, 0.25) is 0 Å². The van der Waals surface area contributed by atoms with Crippen molar-refractivity contribution in [1.29, 1.82) is 0 Å². The van der Waals surface area contributed by atoms with Gasteiger partial charge in [-0.15, -0.1) is 11.3 Å². The van der Waals surface area contributed by atoms with Gasteiger partial charge in [-0.2, -0.15) is 0 Å². The molecule has 1 N–H and O–H groups in total. The Hall–Kier alpha value is -0.100. The van der Waals surface area contributed by atoms with Crippen LogP contribution in [0.4, 0.5) is 0 Å². The first-order chi connectivity index (χ1) is 7.66. The molecule has 2 rings (SSSR count).